The van der Waals surface area contributed by atoms with Gasteiger partial charge in [-0.25, -0.2) is 0 Å². The highest BCUT2D eigenvalue weighted by atomic mass is 32.2. The number of hydrogen-bond donors (Lipinski definition) is 0. The molecule has 0 spiro atoms. The summed E-state index contributed by atoms with van der Waals surface area (Å²) in [6.07, 6.45) is 2.37. The van der Waals surface area contributed by atoms with Gasteiger partial charge in [0.1, 0.15) is 5.82 Å². The average Bonchev–Trinajstić information content (AvgIpc) is 3.31. The molecule has 1 aliphatic carbocycles. The summed E-state index contributed by atoms with van der Waals surface area (Å²) in [6.45, 7) is 4.54. The number of rotatable bonds is 6. The zero-order chi connectivity index (χ0) is 16.4. The standard InChI is InChI=1S/C17H22N4OS/c1-12(16(22)20(3)11-14-7-5-4-6-8-14)23-17-19-18-13(2)21(17)15-9-10-15/h4-8,12,15H,9-11H2,1-3H3/t12-/m0/s1. The van der Waals surface area contributed by atoms with Crippen molar-refractivity contribution in [3.8, 4) is 0 Å². The quantitative estimate of drug-likeness (QED) is 0.764. The molecule has 0 aliphatic heterocycles. The molecule has 1 heterocycles. The summed E-state index contributed by atoms with van der Waals surface area (Å²) in [5.74, 6) is 1.05. The molecule has 0 N–H and O–H groups in total. The smallest absolute Gasteiger partial charge is 0.235 e. The van der Waals surface area contributed by atoms with Gasteiger partial charge >= 0.3 is 0 Å². The van der Waals surface area contributed by atoms with Crippen molar-refractivity contribution in [2.75, 3.05) is 7.05 Å². The van der Waals surface area contributed by atoms with E-state index in [2.05, 4.69) is 14.8 Å². The SMILES string of the molecule is Cc1nnc(S[C@@H](C)C(=O)N(C)Cc2ccccc2)n1C1CC1. The van der Waals surface area contributed by atoms with E-state index < -0.39 is 0 Å². The van der Waals surface area contributed by atoms with Crippen LogP contribution < -0.4 is 0 Å². The lowest BCUT2D eigenvalue weighted by Gasteiger charge is -2.21. The van der Waals surface area contributed by atoms with Gasteiger partial charge in [0.15, 0.2) is 5.16 Å². The predicted octanol–water partition coefficient (Wildman–Crippen LogP) is 3.06. The third-order valence-electron chi connectivity index (χ3n) is 4.02. The minimum absolute atomic E-state index is 0.113. The summed E-state index contributed by atoms with van der Waals surface area (Å²) in [5, 5.41) is 9.10. The number of aromatic nitrogens is 3. The van der Waals surface area contributed by atoms with Crippen LogP contribution in [0, 0.1) is 6.92 Å². The first-order valence-corrected chi connectivity index (χ1v) is 8.81. The van der Waals surface area contributed by atoms with Crippen molar-refractivity contribution >= 4 is 17.7 Å². The van der Waals surface area contributed by atoms with Gasteiger partial charge in [-0.15, -0.1) is 10.2 Å². The molecule has 0 unspecified atom stereocenters. The van der Waals surface area contributed by atoms with Crippen molar-refractivity contribution in [3.05, 3.63) is 41.7 Å². The fourth-order valence-electron chi connectivity index (χ4n) is 2.64. The lowest BCUT2D eigenvalue weighted by atomic mass is 10.2. The van der Waals surface area contributed by atoms with Crippen molar-refractivity contribution in [2.24, 2.45) is 0 Å². The Balaban J connectivity index is 1.63. The van der Waals surface area contributed by atoms with Crippen LogP contribution in [0.1, 0.15) is 37.2 Å². The Hall–Kier alpha value is -1.82. The topological polar surface area (TPSA) is 51.0 Å². The molecular weight excluding hydrogens is 308 g/mol. The molecule has 0 bridgehead atoms. The van der Waals surface area contributed by atoms with Gasteiger partial charge in [-0.2, -0.15) is 0 Å². The van der Waals surface area contributed by atoms with Gasteiger partial charge < -0.3 is 9.47 Å². The van der Waals surface area contributed by atoms with Gasteiger partial charge in [0, 0.05) is 19.6 Å². The van der Waals surface area contributed by atoms with Crippen LogP contribution in [0.4, 0.5) is 0 Å². The highest BCUT2D eigenvalue weighted by Crippen LogP contribution is 2.39. The largest absolute Gasteiger partial charge is 0.340 e. The Bertz CT molecular complexity index is 681. The Morgan fingerprint density at radius 2 is 2.04 bits per heavy atom. The van der Waals surface area contributed by atoms with Gasteiger partial charge in [-0.3, -0.25) is 4.79 Å². The lowest BCUT2D eigenvalue weighted by molar-refractivity contribution is -0.129. The van der Waals surface area contributed by atoms with E-state index in [1.165, 1.54) is 24.6 Å². The number of benzene rings is 1. The normalized spacial score (nSPS) is 15.4. The maximum atomic E-state index is 12.6. The van der Waals surface area contributed by atoms with E-state index >= 15 is 0 Å². The van der Waals surface area contributed by atoms with Crippen LogP contribution in [0.15, 0.2) is 35.5 Å². The van der Waals surface area contributed by atoms with E-state index in [0.717, 1.165) is 16.5 Å². The summed E-state index contributed by atoms with van der Waals surface area (Å²) in [5.41, 5.74) is 1.14. The van der Waals surface area contributed by atoms with Gasteiger partial charge in [-0.1, -0.05) is 42.1 Å². The minimum atomic E-state index is -0.176. The number of aryl methyl sites for hydroxylation is 1. The number of nitrogens with zero attached hydrogens (tertiary/aromatic N) is 4. The molecule has 6 heteroatoms. The van der Waals surface area contributed by atoms with Gasteiger partial charge in [0.2, 0.25) is 5.91 Å². The molecule has 1 aliphatic rings. The molecule has 3 rings (SSSR count). The van der Waals surface area contributed by atoms with Crippen molar-refractivity contribution in [1.29, 1.82) is 0 Å². The Kier molecular flexibility index (Phi) is 4.71. The van der Waals surface area contributed by atoms with Gasteiger partial charge in [0.25, 0.3) is 0 Å². The van der Waals surface area contributed by atoms with Crippen molar-refractivity contribution in [2.45, 2.75) is 49.7 Å². The second kappa shape index (κ2) is 6.74. The fraction of sp³-hybridized carbons (Fsp3) is 0.471. The summed E-state index contributed by atoms with van der Waals surface area (Å²) < 4.78 is 2.17. The van der Waals surface area contributed by atoms with E-state index in [0.29, 0.717) is 12.6 Å². The minimum Gasteiger partial charge on any atom is -0.340 e. The molecule has 5 nitrogen and oxygen atoms in total. The van der Waals surface area contributed by atoms with Gasteiger partial charge in [0.05, 0.1) is 5.25 Å². The van der Waals surface area contributed by atoms with Crippen molar-refractivity contribution in [1.82, 2.24) is 19.7 Å². The first kappa shape index (κ1) is 16.1. The molecule has 1 saturated carbocycles. The van der Waals surface area contributed by atoms with E-state index in [1.54, 1.807) is 4.90 Å². The fourth-order valence-corrected chi connectivity index (χ4v) is 3.72. The van der Waals surface area contributed by atoms with Crippen LogP contribution >= 0.6 is 11.8 Å². The summed E-state index contributed by atoms with van der Waals surface area (Å²) in [4.78, 5) is 14.4. The highest BCUT2D eigenvalue weighted by molar-refractivity contribution is 8.00. The molecular formula is C17H22N4OS. The van der Waals surface area contributed by atoms with Crippen LogP contribution in [0.25, 0.3) is 0 Å². The summed E-state index contributed by atoms with van der Waals surface area (Å²) >= 11 is 1.50. The maximum Gasteiger partial charge on any atom is 0.235 e. The zero-order valence-electron chi connectivity index (χ0n) is 13.8. The second-order valence-electron chi connectivity index (χ2n) is 6.07. The Morgan fingerprint density at radius 3 is 2.70 bits per heavy atom. The van der Waals surface area contributed by atoms with Crippen molar-refractivity contribution < 1.29 is 4.79 Å². The number of carbonyl (C=O) groups is 1. The van der Waals surface area contributed by atoms with Crippen LogP contribution in [0.2, 0.25) is 0 Å². The molecule has 23 heavy (non-hydrogen) atoms. The van der Waals surface area contributed by atoms with Gasteiger partial charge in [-0.05, 0) is 32.3 Å². The molecule has 0 saturated heterocycles. The van der Waals surface area contributed by atoms with E-state index in [1.807, 2.05) is 51.2 Å². The Morgan fingerprint density at radius 1 is 1.35 bits per heavy atom. The monoisotopic (exact) mass is 330 g/mol. The molecule has 0 radical (unpaired) electrons. The zero-order valence-corrected chi connectivity index (χ0v) is 14.6. The number of carbonyl (C=O) groups excluding carboxylic acids is 1. The second-order valence-corrected chi connectivity index (χ2v) is 7.38. The van der Waals surface area contributed by atoms with Crippen LogP contribution in [-0.2, 0) is 11.3 Å². The third-order valence-corrected chi connectivity index (χ3v) is 5.06. The summed E-state index contributed by atoms with van der Waals surface area (Å²) in [7, 11) is 1.85. The first-order chi connectivity index (χ1) is 11.1. The molecule has 1 amide bonds. The maximum absolute atomic E-state index is 12.6. The Labute approximate surface area is 141 Å². The average molecular weight is 330 g/mol. The molecule has 1 fully saturated rings. The van der Waals surface area contributed by atoms with Crippen molar-refractivity contribution in [3.63, 3.8) is 0 Å². The molecule has 2 aromatic rings. The van der Waals surface area contributed by atoms with E-state index in [9.17, 15) is 4.79 Å². The van der Waals surface area contributed by atoms with Crippen LogP contribution in [-0.4, -0.2) is 37.9 Å². The van der Waals surface area contributed by atoms with E-state index in [4.69, 9.17) is 0 Å². The molecule has 122 valence electrons. The highest BCUT2D eigenvalue weighted by Gasteiger charge is 2.30. The predicted molar refractivity (Wildman–Crippen MR) is 91.3 cm³/mol. The van der Waals surface area contributed by atoms with Crippen LogP contribution in [0.5, 0.6) is 0 Å². The molecule has 1 atom stereocenters. The number of thioether (sulfide) groups is 1. The first-order valence-electron chi connectivity index (χ1n) is 7.93. The number of amides is 1. The number of hydrogen-bond acceptors (Lipinski definition) is 4. The van der Waals surface area contributed by atoms with E-state index in [-0.39, 0.29) is 11.2 Å². The molecule has 1 aromatic heterocycles. The molecule has 1 aromatic carbocycles. The van der Waals surface area contributed by atoms with Crippen LogP contribution in [0.3, 0.4) is 0 Å². The summed E-state index contributed by atoms with van der Waals surface area (Å²) in [6, 6.07) is 10.6. The lowest BCUT2D eigenvalue weighted by Crippen LogP contribution is -2.33. The third kappa shape index (κ3) is 3.75.